The highest BCUT2D eigenvalue weighted by atomic mass is 16.5. The zero-order valence-corrected chi connectivity index (χ0v) is 43.6. The van der Waals surface area contributed by atoms with Gasteiger partial charge in [-0.25, -0.2) is 19.9 Å². The largest absolute Gasteiger partial charge is 0.494 e. The van der Waals surface area contributed by atoms with Gasteiger partial charge in [0.05, 0.1) is 64.4 Å². The average molecular weight is 979 g/mol. The van der Waals surface area contributed by atoms with Gasteiger partial charge in [0.1, 0.15) is 23.0 Å². The van der Waals surface area contributed by atoms with Crippen molar-refractivity contribution in [3.63, 3.8) is 0 Å². The van der Waals surface area contributed by atoms with Crippen LogP contribution in [0.3, 0.4) is 0 Å². The van der Waals surface area contributed by atoms with Crippen LogP contribution in [0.5, 0.6) is 34.5 Å². The van der Waals surface area contributed by atoms with Crippen molar-refractivity contribution in [1.29, 1.82) is 0 Å². The van der Waals surface area contributed by atoms with Crippen molar-refractivity contribution in [2.75, 3.05) is 39.6 Å². The van der Waals surface area contributed by atoms with Crippen LogP contribution in [0.1, 0.15) is 155 Å². The quantitative estimate of drug-likeness (QED) is 0.0347. The SMILES string of the molecule is CCCCCCCCOc1ccc(-c2ccc(OCCCCCCCOc3ccc(-c4ncc(OCCCCCCCOc5ccc(-c6ncc(OCCCCCCCC)cn6)cc5)cn4)cc3)cc2)cc1. The number of benzene rings is 4. The third kappa shape index (κ3) is 21.7. The Bertz CT molecular complexity index is 2110. The van der Waals surface area contributed by atoms with Crippen molar-refractivity contribution >= 4 is 0 Å². The molecule has 0 amide bonds. The van der Waals surface area contributed by atoms with Gasteiger partial charge in [-0.1, -0.05) is 141 Å². The Morgan fingerprint density at radius 2 is 0.444 bits per heavy atom. The molecule has 6 aromatic rings. The molecule has 0 bridgehead atoms. The zero-order valence-electron chi connectivity index (χ0n) is 43.6. The van der Waals surface area contributed by atoms with Crippen LogP contribution in [0.4, 0.5) is 0 Å². The first-order valence-electron chi connectivity index (χ1n) is 27.5. The van der Waals surface area contributed by atoms with Gasteiger partial charge in [-0.2, -0.15) is 0 Å². The molecule has 0 N–H and O–H groups in total. The average Bonchev–Trinajstić information content (AvgIpc) is 3.42. The first kappa shape index (κ1) is 55.2. The number of hydrogen-bond acceptors (Lipinski definition) is 10. The first-order valence-corrected chi connectivity index (χ1v) is 27.5. The molecule has 0 fully saturated rings. The van der Waals surface area contributed by atoms with Gasteiger partial charge in [0.25, 0.3) is 0 Å². The van der Waals surface area contributed by atoms with Crippen molar-refractivity contribution in [1.82, 2.24) is 19.9 Å². The molecule has 0 aliphatic heterocycles. The monoisotopic (exact) mass is 979 g/mol. The maximum atomic E-state index is 6.04. The van der Waals surface area contributed by atoms with E-state index < -0.39 is 0 Å². The summed E-state index contributed by atoms with van der Waals surface area (Å²) in [5.74, 6) is 6.34. The third-order valence-electron chi connectivity index (χ3n) is 12.7. The number of nitrogens with zero attached hydrogens (tertiary/aromatic N) is 4. The van der Waals surface area contributed by atoms with Crippen molar-refractivity contribution in [3.05, 3.63) is 122 Å². The lowest BCUT2D eigenvalue weighted by Crippen LogP contribution is -2.00. The molecule has 0 aliphatic carbocycles. The van der Waals surface area contributed by atoms with E-state index in [-0.39, 0.29) is 0 Å². The van der Waals surface area contributed by atoms with Crippen LogP contribution >= 0.6 is 0 Å². The molecule has 0 unspecified atom stereocenters. The molecule has 2 aromatic heterocycles. The van der Waals surface area contributed by atoms with Gasteiger partial charge >= 0.3 is 0 Å². The minimum Gasteiger partial charge on any atom is -0.494 e. The Hall–Kier alpha value is -6.16. The van der Waals surface area contributed by atoms with Gasteiger partial charge < -0.3 is 28.4 Å². The van der Waals surface area contributed by atoms with Gasteiger partial charge in [0.2, 0.25) is 0 Å². The number of aromatic nitrogens is 4. The van der Waals surface area contributed by atoms with E-state index in [1.807, 2.05) is 48.5 Å². The minimum atomic E-state index is 0.646. The van der Waals surface area contributed by atoms with Crippen LogP contribution in [0.15, 0.2) is 122 Å². The lowest BCUT2D eigenvalue weighted by Gasteiger charge is -2.09. The van der Waals surface area contributed by atoms with Crippen molar-refractivity contribution < 1.29 is 28.4 Å². The predicted octanol–water partition coefficient (Wildman–Crippen LogP) is 16.6. The molecule has 4 aromatic carbocycles. The molecule has 0 radical (unpaired) electrons. The van der Waals surface area contributed by atoms with E-state index in [1.54, 1.807) is 24.8 Å². The van der Waals surface area contributed by atoms with Crippen molar-refractivity contribution in [2.24, 2.45) is 0 Å². The fourth-order valence-electron chi connectivity index (χ4n) is 8.34. The predicted molar refractivity (Wildman–Crippen MR) is 293 cm³/mol. The second kappa shape index (κ2) is 34.2. The molecule has 0 saturated heterocycles. The molecule has 0 atom stereocenters. The molecular weight excluding hydrogens is 897 g/mol. The molecule has 6 rings (SSSR count). The molecule has 10 heteroatoms. The summed E-state index contributed by atoms with van der Waals surface area (Å²) in [4.78, 5) is 18.1. The lowest BCUT2D eigenvalue weighted by molar-refractivity contribution is 0.292. The molecule has 386 valence electrons. The molecule has 10 nitrogen and oxygen atoms in total. The number of rotatable bonds is 39. The summed E-state index contributed by atoms with van der Waals surface area (Å²) in [5, 5.41) is 0. The van der Waals surface area contributed by atoms with E-state index in [2.05, 4.69) is 82.3 Å². The smallest absolute Gasteiger partial charge is 0.159 e. The van der Waals surface area contributed by atoms with E-state index >= 15 is 0 Å². The fraction of sp³-hybridized carbons (Fsp3) is 0.484. The van der Waals surface area contributed by atoms with Gasteiger partial charge in [0, 0.05) is 11.1 Å². The first-order chi connectivity index (χ1) is 35.7. The van der Waals surface area contributed by atoms with Crippen molar-refractivity contribution in [2.45, 2.75) is 155 Å². The number of unbranched alkanes of at least 4 members (excludes halogenated alkanes) is 18. The molecule has 0 saturated carbocycles. The van der Waals surface area contributed by atoms with Crippen LogP contribution in [-0.2, 0) is 0 Å². The summed E-state index contributed by atoms with van der Waals surface area (Å²) in [7, 11) is 0. The maximum Gasteiger partial charge on any atom is 0.159 e. The second-order valence-corrected chi connectivity index (χ2v) is 18.7. The molecule has 0 spiro atoms. The Morgan fingerprint density at radius 3 is 0.694 bits per heavy atom. The fourth-order valence-corrected chi connectivity index (χ4v) is 8.34. The normalized spacial score (nSPS) is 11.1. The van der Waals surface area contributed by atoms with Gasteiger partial charge in [-0.15, -0.1) is 0 Å². The van der Waals surface area contributed by atoms with Gasteiger partial charge in [-0.05, 0) is 122 Å². The summed E-state index contributed by atoms with van der Waals surface area (Å²) in [6, 6.07) is 32.8. The third-order valence-corrected chi connectivity index (χ3v) is 12.7. The standard InChI is InChI=1S/C62H82N4O6/c1-3-5-7-9-13-19-41-67-55-33-25-51(26-34-55)52-27-35-56(36-28-52)68-42-20-15-11-16-21-43-69-57-37-29-54(30-38-57)62-65-49-60(50-66-62)72-46-24-18-12-17-22-44-70-58-39-31-53(32-40-58)61-63-47-59(48-64-61)71-45-23-14-10-8-6-4-2/h25-40,47-50H,3-24,41-46H2,1-2H3. The van der Waals surface area contributed by atoms with E-state index in [0.717, 1.165) is 130 Å². The Balaban J connectivity index is 0.727. The summed E-state index contributed by atoms with van der Waals surface area (Å²) >= 11 is 0. The summed E-state index contributed by atoms with van der Waals surface area (Å²) < 4.78 is 35.8. The van der Waals surface area contributed by atoms with E-state index in [9.17, 15) is 0 Å². The molecular formula is C62H82N4O6. The van der Waals surface area contributed by atoms with E-state index in [1.165, 1.54) is 75.3 Å². The summed E-state index contributed by atoms with van der Waals surface area (Å²) in [6.45, 7) is 8.77. The van der Waals surface area contributed by atoms with E-state index in [0.29, 0.717) is 43.8 Å². The Morgan fingerprint density at radius 1 is 0.236 bits per heavy atom. The number of ether oxygens (including phenoxy) is 6. The van der Waals surface area contributed by atoms with Gasteiger partial charge in [-0.3, -0.25) is 0 Å². The highest BCUT2D eigenvalue weighted by molar-refractivity contribution is 5.65. The summed E-state index contributed by atoms with van der Waals surface area (Å²) in [5.41, 5.74) is 4.27. The van der Waals surface area contributed by atoms with Crippen LogP contribution in [0.25, 0.3) is 33.9 Å². The van der Waals surface area contributed by atoms with Crippen LogP contribution in [0, 0.1) is 0 Å². The highest BCUT2D eigenvalue weighted by Gasteiger charge is 2.07. The summed E-state index contributed by atoms with van der Waals surface area (Å²) in [6.07, 6.45) is 33.0. The molecule has 72 heavy (non-hydrogen) atoms. The molecule has 0 aliphatic rings. The minimum absolute atomic E-state index is 0.646. The maximum absolute atomic E-state index is 6.04. The van der Waals surface area contributed by atoms with Crippen LogP contribution in [-0.4, -0.2) is 59.6 Å². The second-order valence-electron chi connectivity index (χ2n) is 18.7. The van der Waals surface area contributed by atoms with Crippen LogP contribution < -0.4 is 28.4 Å². The Kier molecular flexibility index (Phi) is 26.2. The van der Waals surface area contributed by atoms with E-state index in [4.69, 9.17) is 28.4 Å². The molecule has 2 heterocycles. The van der Waals surface area contributed by atoms with Crippen molar-refractivity contribution in [3.8, 4) is 68.4 Å². The van der Waals surface area contributed by atoms with Crippen LogP contribution in [0.2, 0.25) is 0 Å². The van der Waals surface area contributed by atoms with Gasteiger partial charge in [0.15, 0.2) is 23.1 Å². The Labute approximate surface area is 431 Å². The topological polar surface area (TPSA) is 107 Å². The zero-order chi connectivity index (χ0) is 49.9. The number of hydrogen-bond donors (Lipinski definition) is 0. The highest BCUT2D eigenvalue weighted by Crippen LogP contribution is 2.26. The lowest BCUT2D eigenvalue weighted by atomic mass is 10.1.